The largest absolute Gasteiger partial charge is 0.496 e. The molecule has 0 aromatic heterocycles. The van der Waals surface area contributed by atoms with E-state index in [0.29, 0.717) is 27.8 Å². The van der Waals surface area contributed by atoms with Crippen LogP contribution in [0.25, 0.3) is 0 Å². The lowest BCUT2D eigenvalue weighted by atomic mass is 9.80. The van der Waals surface area contributed by atoms with Gasteiger partial charge in [-0.05, 0) is 56.0 Å². The predicted octanol–water partition coefficient (Wildman–Crippen LogP) is 8.46. The van der Waals surface area contributed by atoms with Crippen molar-refractivity contribution < 1.29 is 24.1 Å². The van der Waals surface area contributed by atoms with Gasteiger partial charge in [-0.3, -0.25) is 0 Å². The van der Waals surface area contributed by atoms with Gasteiger partial charge in [-0.1, -0.05) is 114 Å². The lowest BCUT2D eigenvalue weighted by Crippen LogP contribution is -2.47. The molecule has 1 amide bonds. The fraction of sp³-hybridized carbons (Fsp3) is 0.324. The van der Waals surface area contributed by atoms with Crippen LogP contribution in [-0.2, 0) is 15.1 Å². The van der Waals surface area contributed by atoms with Gasteiger partial charge < -0.3 is 24.2 Å². The summed E-state index contributed by atoms with van der Waals surface area (Å²) in [5, 5.41) is 12.7. The third-order valence-corrected chi connectivity index (χ3v) is 8.97. The van der Waals surface area contributed by atoms with Gasteiger partial charge in [0.25, 0.3) is 0 Å². The van der Waals surface area contributed by atoms with Crippen LogP contribution < -0.4 is 4.74 Å². The van der Waals surface area contributed by atoms with Gasteiger partial charge in [0.2, 0.25) is 0 Å². The van der Waals surface area contributed by atoms with Gasteiger partial charge in [0.05, 0.1) is 35.9 Å². The van der Waals surface area contributed by atoms with Crippen molar-refractivity contribution in [2.75, 3.05) is 20.3 Å². The van der Waals surface area contributed by atoms with E-state index in [1.807, 2.05) is 112 Å². The zero-order valence-corrected chi connectivity index (χ0v) is 27.5. The van der Waals surface area contributed by atoms with Gasteiger partial charge in [-0.2, -0.15) is 0 Å². The molecule has 8 heteroatoms. The fourth-order valence-electron chi connectivity index (χ4n) is 6.17. The van der Waals surface area contributed by atoms with Gasteiger partial charge in [0, 0.05) is 18.0 Å². The van der Waals surface area contributed by atoms with Gasteiger partial charge in [-0.25, -0.2) is 4.79 Å². The van der Waals surface area contributed by atoms with Gasteiger partial charge in [0.1, 0.15) is 17.0 Å². The SMILES string of the molecule is COc1ccc(Cl)c(Cl)c1[C@H]1C[C@@H](C(O)COC(c2ccccc2)(c2ccccc2)c2ccccc2)N(C(=O)OC(C)(C)C)C1. The lowest BCUT2D eigenvalue weighted by molar-refractivity contribution is -0.0620. The molecule has 1 saturated heterocycles. The van der Waals surface area contributed by atoms with Crippen LogP contribution in [0.5, 0.6) is 5.75 Å². The number of hydrogen-bond donors (Lipinski definition) is 1. The molecular weight excluding hydrogens is 609 g/mol. The van der Waals surface area contributed by atoms with Crippen LogP contribution in [0.4, 0.5) is 4.79 Å². The standard InChI is InChI=1S/C37H39Cl2NO5/c1-36(2,3)45-35(42)40-23-25(33-32(43-4)21-20-29(38)34(33)39)22-30(40)31(41)24-44-37(26-14-8-5-9-15-26,27-16-10-6-11-17-27)28-18-12-7-13-19-28/h5-21,25,30-31,41H,22-24H2,1-4H3/t25-,30-,31?/m0/s1. The molecule has 4 aromatic carbocycles. The van der Waals surface area contributed by atoms with Gasteiger partial charge in [-0.15, -0.1) is 0 Å². The Kier molecular flexibility index (Phi) is 10.1. The van der Waals surface area contributed by atoms with E-state index in [-0.39, 0.29) is 19.1 Å². The Balaban J connectivity index is 1.53. The summed E-state index contributed by atoms with van der Waals surface area (Å²) in [4.78, 5) is 15.2. The molecular formula is C37H39Cl2NO5. The molecule has 1 aliphatic rings. The highest BCUT2D eigenvalue weighted by molar-refractivity contribution is 6.42. The second-order valence-electron chi connectivity index (χ2n) is 12.3. The molecule has 1 fully saturated rings. The molecule has 236 valence electrons. The quantitative estimate of drug-likeness (QED) is 0.185. The smallest absolute Gasteiger partial charge is 0.410 e. The minimum atomic E-state index is -1.07. The molecule has 0 saturated carbocycles. The summed E-state index contributed by atoms with van der Waals surface area (Å²) in [6.45, 7) is 5.64. The first kappa shape index (κ1) is 32.8. The van der Waals surface area contributed by atoms with Crippen LogP contribution >= 0.6 is 23.2 Å². The number of carbonyl (C=O) groups is 1. The maximum Gasteiger partial charge on any atom is 0.410 e. The maximum atomic E-state index is 13.6. The number of nitrogens with zero attached hydrogens (tertiary/aromatic N) is 1. The molecule has 1 unspecified atom stereocenters. The Hall–Kier alpha value is -3.55. The summed E-state index contributed by atoms with van der Waals surface area (Å²) >= 11 is 13.1. The van der Waals surface area contributed by atoms with Crippen molar-refractivity contribution in [2.24, 2.45) is 0 Å². The molecule has 5 rings (SSSR count). The third-order valence-electron chi connectivity index (χ3n) is 8.15. The number of likely N-dealkylation sites (tertiary alicyclic amines) is 1. The highest BCUT2D eigenvalue weighted by Crippen LogP contribution is 2.45. The van der Waals surface area contributed by atoms with E-state index in [2.05, 4.69) is 0 Å². The Morgan fingerprint density at radius 1 is 0.867 bits per heavy atom. The number of amides is 1. The van der Waals surface area contributed by atoms with Crippen LogP contribution in [0.2, 0.25) is 10.0 Å². The molecule has 3 atom stereocenters. The first-order valence-corrected chi connectivity index (χ1v) is 15.8. The van der Waals surface area contributed by atoms with E-state index in [4.69, 9.17) is 37.4 Å². The van der Waals surface area contributed by atoms with E-state index in [9.17, 15) is 9.90 Å². The number of hydrogen-bond acceptors (Lipinski definition) is 5. The van der Waals surface area contributed by atoms with Gasteiger partial charge >= 0.3 is 6.09 Å². The number of halogens is 2. The van der Waals surface area contributed by atoms with E-state index < -0.39 is 29.4 Å². The number of aliphatic hydroxyl groups is 1. The van der Waals surface area contributed by atoms with Crippen LogP contribution in [0.15, 0.2) is 103 Å². The average molecular weight is 649 g/mol. The highest BCUT2D eigenvalue weighted by atomic mass is 35.5. The summed E-state index contributed by atoms with van der Waals surface area (Å²) < 4.78 is 18.4. The lowest BCUT2D eigenvalue weighted by Gasteiger charge is -2.38. The molecule has 1 heterocycles. The zero-order valence-electron chi connectivity index (χ0n) is 26.0. The van der Waals surface area contributed by atoms with Gasteiger partial charge in [0.15, 0.2) is 0 Å². The number of benzene rings is 4. The molecule has 1 N–H and O–H groups in total. The predicted molar refractivity (Wildman–Crippen MR) is 178 cm³/mol. The number of rotatable bonds is 9. The first-order chi connectivity index (χ1) is 21.5. The van der Waals surface area contributed by atoms with Crippen molar-refractivity contribution in [1.29, 1.82) is 0 Å². The Labute approximate surface area is 275 Å². The number of aliphatic hydroxyl groups excluding tert-OH is 1. The van der Waals surface area contributed by atoms with Crippen molar-refractivity contribution in [3.63, 3.8) is 0 Å². The van der Waals surface area contributed by atoms with Crippen molar-refractivity contribution in [3.05, 3.63) is 135 Å². The topological polar surface area (TPSA) is 68.2 Å². The Morgan fingerprint density at radius 2 is 1.38 bits per heavy atom. The summed E-state index contributed by atoms with van der Waals surface area (Å²) in [7, 11) is 1.57. The minimum absolute atomic E-state index is 0.0736. The van der Waals surface area contributed by atoms with Crippen molar-refractivity contribution in [3.8, 4) is 5.75 Å². The molecule has 45 heavy (non-hydrogen) atoms. The van der Waals surface area contributed by atoms with Crippen molar-refractivity contribution in [2.45, 2.75) is 56.5 Å². The fourth-order valence-corrected chi connectivity index (χ4v) is 6.64. The van der Waals surface area contributed by atoms with Crippen LogP contribution in [0, 0.1) is 0 Å². The van der Waals surface area contributed by atoms with Crippen LogP contribution in [-0.4, -0.2) is 54.1 Å². The Bertz CT molecular complexity index is 1480. The van der Waals surface area contributed by atoms with Crippen LogP contribution in [0.3, 0.4) is 0 Å². The minimum Gasteiger partial charge on any atom is -0.496 e. The number of carbonyl (C=O) groups excluding carboxylic acids is 1. The van der Waals surface area contributed by atoms with E-state index >= 15 is 0 Å². The average Bonchev–Trinajstić information content (AvgIpc) is 3.49. The monoisotopic (exact) mass is 647 g/mol. The summed E-state index contributed by atoms with van der Waals surface area (Å²) in [5.41, 5.74) is 1.69. The van der Waals surface area contributed by atoms with Crippen molar-refractivity contribution in [1.82, 2.24) is 4.90 Å². The first-order valence-electron chi connectivity index (χ1n) is 15.0. The molecule has 0 aliphatic carbocycles. The van der Waals surface area contributed by atoms with E-state index in [1.165, 1.54) is 0 Å². The molecule has 1 aliphatic heterocycles. The van der Waals surface area contributed by atoms with Crippen LogP contribution in [0.1, 0.15) is 55.4 Å². The second kappa shape index (κ2) is 13.8. The second-order valence-corrected chi connectivity index (χ2v) is 13.1. The Morgan fingerprint density at radius 3 is 1.84 bits per heavy atom. The molecule has 4 aromatic rings. The molecule has 0 radical (unpaired) electrons. The zero-order chi connectivity index (χ0) is 32.2. The number of ether oxygens (including phenoxy) is 3. The summed E-state index contributed by atoms with van der Waals surface area (Å²) in [5.74, 6) is 0.307. The van der Waals surface area contributed by atoms with E-state index in [0.717, 1.165) is 16.7 Å². The van der Waals surface area contributed by atoms with Crippen molar-refractivity contribution >= 4 is 29.3 Å². The maximum absolute atomic E-state index is 13.6. The van der Waals surface area contributed by atoms with E-state index in [1.54, 1.807) is 24.1 Å². The normalized spacial score (nSPS) is 17.6. The number of methoxy groups -OCH3 is 1. The molecule has 0 bridgehead atoms. The summed E-state index contributed by atoms with van der Waals surface area (Å²) in [6.07, 6.45) is -1.19. The highest BCUT2D eigenvalue weighted by Gasteiger charge is 2.45. The molecule has 0 spiro atoms. The summed E-state index contributed by atoms with van der Waals surface area (Å²) in [6, 6.07) is 32.7. The third kappa shape index (κ3) is 7.00. The molecule has 6 nitrogen and oxygen atoms in total.